The lowest BCUT2D eigenvalue weighted by Gasteiger charge is -2.41. The van der Waals surface area contributed by atoms with Crippen LogP contribution < -0.4 is 20.1 Å². The van der Waals surface area contributed by atoms with Gasteiger partial charge in [-0.1, -0.05) is 73.3 Å². The highest BCUT2D eigenvalue weighted by Crippen LogP contribution is 2.43. The number of nitrogens with one attached hydrogen (secondary N) is 2. The van der Waals surface area contributed by atoms with Crippen LogP contribution in [0.1, 0.15) is 36.0 Å². The molecule has 4 unspecified atom stereocenters. The van der Waals surface area contributed by atoms with Crippen molar-refractivity contribution in [2.24, 2.45) is 5.92 Å². The zero-order valence-corrected chi connectivity index (χ0v) is 26.5. The minimum absolute atomic E-state index is 0.0221. The topological polar surface area (TPSA) is 116 Å². The van der Waals surface area contributed by atoms with Gasteiger partial charge in [0.15, 0.2) is 12.5 Å². The zero-order valence-electron chi connectivity index (χ0n) is 25.7. The molecule has 0 aliphatic carbocycles. The molecule has 0 spiro atoms. The van der Waals surface area contributed by atoms with Crippen LogP contribution >= 0.6 is 11.8 Å². The monoisotopic (exact) mass is 649 g/mol. The summed E-state index contributed by atoms with van der Waals surface area (Å²) >= 11 is 1.44. The molecule has 5 aromatic rings. The molecule has 2 amide bonds. The van der Waals surface area contributed by atoms with Gasteiger partial charge in [-0.2, -0.15) is 4.73 Å². The van der Waals surface area contributed by atoms with Gasteiger partial charge in [0, 0.05) is 40.7 Å². The maximum atomic E-state index is 12.7. The number of ether oxygens (including phenoxy) is 3. The molecule has 1 aromatic heterocycles. The first-order valence-electron chi connectivity index (χ1n) is 15.3. The largest absolute Gasteiger partial charge is 0.618 e. The van der Waals surface area contributed by atoms with Gasteiger partial charge in [0.1, 0.15) is 11.5 Å². The van der Waals surface area contributed by atoms with E-state index in [2.05, 4.69) is 17.6 Å². The van der Waals surface area contributed by atoms with Crippen molar-refractivity contribution in [2.45, 2.75) is 37.1 Å². The molecular formula is C37H35N3O6S. The van der Waals surface area contributed by atoms with E-state index in [1.807, 2.05) is 72.8 Å². The average molecular weight is 650 g/mol. The molecule has 10 heteroatoms. The second-order valence-electron chi connectivity index (χ2n) is 11.1. The van der Waals surface area contributed by atoms with Crippen molar-refractivity contribution in [3.8, 4) is 11.5 Å². The van der Waals surface area contributed by atoms with Crippen molar-refractivity contribution in [1.82, 2.24) is 0 Å². The van der Waals surface area contributed by atoms with Crippen LogP contribution in [-0.2, 0) is 16.1 Å². The molecule has 0 bridgehead atoms. The summed E-state index contributed by atoms with van der Waals surface area (Å²) < 4.78 is 19.7. The van der Waals surface area contributed by atoms with Crippen molar-refractivity contribution in [3.05, 3.63) is 149 Å². The third-order valence-corrected chi connectivity index (χ3v) is 8.95. The first kappa shape index (κ1) is 32.1. The lowest BCUT2D eigenvalue weighted by atomic mass is 9.91. The third-order valence-electron chi connectivity index (χ3n) is 7.84. The number of rotatable bonds is 10. The van der Waals surface area contributed by atoms with Crippen LogP contribution in [0.25, 0.3) is 0 Å². The van der Waals surface area contributed by atoms with Crippen molar-refractivity contribution in [2.75, 3.05) is 16.4 Å². The van der Waals surface area contributed by atoms with Gasteiger partial charge in [0.2, 0.25) is 0 Å². The van der Waals surface area contributed by atoms with E-state index >= 15 is 0 Å². The third kappa shape index (κ3) is 8.30. The van der Waals surface area contributed by atoms with Gasteiger partial charge >= 0.3 is 6.03 Å². The van der Waals surface area contributed by atoms with E-state index in [1.165, 1.54) is 18.0 Å². The highest BCUT2D eigenvalue weighted by atomic mass is 32.2. The zero-order chi connectivity index (χ0) is 32.6. The Morgan fingerprint density at radius 3 is 2.09 bits per heavy atom. The maximum Gasteiger partial charge on any atom is 0.323 e. The lowest BCUT2D eigenvalue weighted by Crippen LogP contribution is -2.39. The molecule has 4 atom stereocenters. The van der Waals surface area contributed by atoms with E-state index in [4.69, 9.17) is 14.2 Å². The number of thioether (sulfide) groups is 1. The number of para-hydroxylation sites is 1. The summed E-state index contributed by atoms with van der Waals surface area (Å²) in [6.45, 7) is 2.05. The summed E-state index contributed by atoms with van der Waals surface area (Å²) in [6, 6.07) is 36.6. The van der Waals surface area contributed by atoms with E-state index in [9.17, 15) is 15.1 Å². The van der Waals surface area contributed by atoms with Gasteiger partial charge in [-0.15, -0.1) is 0 Å². The molecular weight excluding hydrogens is 614 g/mol. The number of aliphatic hydroxyl groups is 1. The van der Waals surface area contributed by atoms with Crippen LogP contribution in [0, 0.1) is 11.1 Å². The molecule has 1 saturated heterocycles. The van der Waals surface area contributed by atoms with Crippen LogP contribution in [0.3, 0.4) is 0 Å². The van der Waals surface area contributed by atoms with Crippen molar-refractivity contribution in [3.63, 3.8) is 0 Å². The summed E-state index contributed by atoms with van der Waals surface area (Å²) in [5.41, 5.74) is 3.82. The number of hydrogen-bond donors (Lipinski definition) is 3. The fourth-order valence-corrected chi connectivity index (χ4v) is 6.33. The molecule has 1 fully saturated rings. The standard InChI is InChI=1S/C37H35N3O6S/c1-25-33(24-47-34-9-5-6-22-40(34)43)45-36(46-35(25)27-12-10-26(23-41)11-13-27)28-14-16-29(17-15-28)38-37(42)39-30-18-20-32(21-19-30)44-31-7-3-2-4-8-31/h2-22,25,33,35-36,41H,23-24H2,1H3,(H2,38,39,42). The second kappa shape index (κ2) is 15.1. The Kier molecular flexibility index (Phi) is 10.3. The molecule has 6 rings (SSSR count). The van der Waals surface area contributed by atoms with Crippen LogP contribution in [0.15, 0.2) is 133 Å². The smallest absolute Gasteiger partial charge is 0.323 e. The number of carbonyl (C=O) groups is 1. The fraction of sp³-hybridized carbons (Fsp3) is 0.189. The number of hydrogen-bond acceptors (Lipinski definition) is 7. The van der Waals surface area contributed by atoms with E-state index in [1.54, 1.807) is 48.5 Å². The number of aromatic nitrogens is 1. The minimum atomic E-state index is -0.672. The second-order valence-corrected chi connectivity index (χ2v) is 12.2. The van der Waals surface area contributed by atoms with Gasteiger partial charge in [-0.3, -0.25) is 0 Å². The Morgan fingerprint density at radius 2 is 1.43 bits per heavy atom. The highest BCUT2D eigenvalue weighted by Gasteiger charge is 2.38. The molecule has 0 radical (unpaired) electrons. The number of anilines is 2. The molecule has 0 saturated carbocycles. The summed E-state index contributed by atoms with van der Waals surface area (Å²) in [4.78, 5) is 12.7. The number of urea groups is 1. The Morgan fingerprint density at radius 1 is 0.809 bits per heavy atom. The van der Waals surface area contributed by atoms with Crippen LogP contribution in [0.2, 0.25) is 0 Å². The maximum absolute atomic E-state index is 12.7. The summed E-state index contributed by atoms with van der Waals surface area (Å²) in [6.07, 6.45) is 0.303. The van der Waals surface area contributed by atoms with Gasteiger partial charge < -0.3 is 35.2 Å². The summed E-state index contributed by atoms with van der Waals surface area (Å²) in [5, 5.41) is 28.1. The Bertz CT molecular complexity index is 1750. The number of pyridine rings is 1. The molecule has 4 aromatic carbocycles. The molecule has 3 N–H and O–H groups in total. The molecule has 9 nitrogen and oxygen atoms in total. The minimum Gasteiger partial charge on any atom is -0.618 e. The summed E-state index contributed by atoms with van der Waals surface area (Å²) in [5.74, 6) is 1.93. The predicted octanol–water partition coefficient (Wildman–Crippen LogP) is 7.83. The molecule has 1 aliphatic rings. The Balaban J connectivity index is 1.11. The molecule has 47 heavy (non-hydrogen) atoms. The SMILES string of the molecule is CC1C(CSc2cccc[n+]2[O-])OC(c2ccc(NC(=O)Nc3ccc(Oc4ccccc4)cc3)cc2)OC1c1ccc(CO)cc1. The van der Waals surface area contributed by atoms with Crippen molar-refractivity contribution in [1.29, 1.82) is 0 Å². The van der Waals surface area contributed by atoms with Gasteiger partial charge in [-0.05, 0) is 65.7 Å². The van der Waals surface area contributed by atoms with Crippen molar-refractivity contribution >= 4 is 29.2 Å². The van der Waals surface area contributed by atoms with Crippen molar-refractivity contribution < 1.29 is 28.8 Å². The Labute approximate surface area is 277 Å². The van der Waals surface area contributed by atoms with Gasteiger partial charge in [-0.25, -0.2) is 4.79 Å². The number of aliphatic hydroxyl groups excluding tert-OH is 1. The van der Waals surface area contributed by atoms with Gasteiger partial charge in [0.25, 0.3) is 5.03 Å². The lowest BCUT2D eigenvalue weighted by molar-refractivity contribution is -0.645. The average Bonchev–Trinajstić information content (AvgIpc) is 3.10. The number of benzene rings is 4. The molecule has 240 valence electrons. The fourth-order valence-electron chi connectivity index (χ4n) is 5.25. The quantitative estimate of drug-likeness (QED) is 0.0802. The van der Waals surface area contributed by atoms with E-state index in [0.717, 1.165) is 27.2 Å². The highest BCUT2D eigenvalue weighted by molar-refractivity contribution is 7.99. The predicted molar refractivity (Wildman–Crippen MR) is 181 cm³/mol. The van der Waals surface area contributed by atoms with Crippen LogP contribution in [0.4, 0.5) is 16.2 Å². The number of carbonyl (C=O) groups excluding carboxylic acids is 1. The van der Waals surface area contributed by atoms with E-state index in [-0.39, 0.29) is 30.8 Å². The molecule has 2 heterocycles. The summed E-state index contributed by atoms with van der Waals surface area (Å²) in [7, 11) is 0. The van der Waals surface area contributed by atoms with E-state index < -0.39 is 6.29 Å². The van der Waals surface area contributed by atoms with Crippen LogP contribution in [0.5, 0.6) is 11.5 Å². The van der Waals surface area contributed by atoms with Crippen LogP contribution in [-0.4, -0.2) is 23.0 Å². The number of amides is 2. The van der Waals surface area contributed by atoms with Gasteiger partial charge in [0.05, 0.1) is 18.8 Å². The number of nitrogens with zero attached hydrogens (tertiary/aromatic N) is 1. The van der Waals surface area contributed by atoms with E-state index in [0.29, 0.717) is 27.9 Å². The normalized spacial score (nSPS) is 19.1. The first-order chi connectivity index (χ1) is 22.9. The Hall–Kier alpha value is -4.87. The molecule has 1 aliphatic heterocycles. The first-order valence-corrected chi connectivity index (χ1v) is 16.3.